The summed E-state index contributed by atoms with van der Waals surface area (Å²) in [6.45, 7) is 6.10. The second kappa shape index (κ2) is 6.67. The highest BCUT2D eigenvalue weighted by molar-refractivity contribution is 7.89. The van der Waals surface area contributed by atoms with E-state index in [-0.39, 0.29) is 0 Å². The number of nitrogens with zero attached hydrogens (tertiary/aromatic N) is 2. The first kappa shape index (κ1) is 16.4. The summed E-state index contributed by atoms with van der Waals surface area (Å²) in [5, 5.41) is 8.60. The van der Waals surface area contributed by atoms with Crippen LogP contribution in [0.15, 0.2) is 0 Å². The van der Waals surface area contributed by atoms with E-state index >= 15 is 0 Å². The SMILES string of the molecule is CC(C)N(C)CC1CCN(S(=O)(=O)CC(=O)O)CC1. The van der Waals surface area contributed by atoms with Gasteiger partial charge in [-0.05, 0) is 39.7 Å². The fourth-order valence-electron chi connectivity index (χ4n) is 2.24. The molecule has 0 aromatic rings. The molecule has 0 radical (unpaired) electrons. The van der Waals surface area contributed by atoms with Crippen molar-refractivity contribution in [2.24, 2.45) is 5.92 Å². The highest BCUT2D eigenvalue weighted by Gasteiger charge is 2.30. The molecule has 0 aromatic heterocycles. The molecule has 1 aliphatic heterocycles. The molecular weight excluding hydrogens is 268 g/mol. The van der Waals surface area contributed by atoms with Crippen LogP contribution in [-0.4, -0.2) is 67.2 Å². The van der Waals surface area contributed by atoms with Gasteiger partial charge in [-0.2, -0.15) is 0 Å². The van der Waals surface area contributed by atoms with Gasteiger partial charge in [-0.15, -0.1) is 0 Å². The van der Waals surface area contributed by atoms with E-state index in [9.17, 15) is 13.2 Å². The standard InChI is InChI=1S/C12H24N2O4S/c1-10(2)13(3)8-11-4-6-14(7-5-11)19(17,18)9-12(15)16/h10-11H,4-9H2,1-3H3,(H,15,16). The number of piperidine rings is 1. The van der Waals surface area contributed by atoms with E-state index < -0.39 is 21.7 Å². The van der Waals surface area contributed by atoms with Crippen LogP contribution in [0.4, 0.5) is 0 Å². The minimum atomic E-state index is -3.63. The van der Waals surface area contributed by atoms with Gasteiger partial charge in [0.25, 0.3) is 0 Å². The number of sulfonamides is 1. The lowest BCUT2D eigenvalue weighted by Crippen LogP contribution is -2.43. The van der Waals surface area contributed by atoms with Crippen LogP contribution in [0.2, 0.25) is 0 Å². The number of hydrogen-bond acceptors (Lipinski definition) is 4. The molecule has 0 aliphatic carbocycles. The number of rotatable bonds is 6. The summed E-state index contributed by atoms with van der Waals surface area (Å²) < 4.78 is 24.8. The van der Waals surface area contributed by atoms with Crippen molar-refractivity contribution in [2.75, 3.05) is 32.4 Å². The van der Waals surface area contributed by atoms with Crippen molar-refractivity contribution >= 4 is 16.0 Å². The van der Waals surface area contributed by atoms with Crippen LogP contribution in [0.1, 0.15) is 26.7 Å². The van der Waals surface area contributed by atoms with Crippen molar-refractivity contribution in [3.8, 4) is 0 Å². The average Bonchev–Trinajstić information content (AvgIpc) is 2.27. The molecule has 0 unspecified atom stereocenters. The molecule has 0 saturated carbocycles. The van der Waals surface area contributed by atoms with Crippen LogP contribution in [0.25, 0.3) is 0 Å². The fraction of sp³-hybridized carbons (Fsp3) is 0.917. The summed E-state index contributed by atoms with van der Waals surface area (Å²) in [5.74, 6) is -1.60. The molecule has 1 heterocycles. The lowest BCUT2D eigenvalue weighted by molar-refractivity contribution is -0.134. The van der Waals surface area contributed by atoms with Crippen molar-refractivity contribution in [1.82, 2.24) is 9.21 Å². The topological polar surface area (TPSA) is 77.9 Å². The Balaban J connectivity index is 2.47. The highest BCUT2D eigenvalue weighted by Crippen LogP contribution is 2.21. The Kier molecular flexibility index (Phi) is 5.76. The van der Waals surface area contributed by atoms with Crippen molar-refractivity contribution in [3.63, 3.8) is 0 Å². The molecule has 0 aromatic carbocycles. The predicted molar refractivity (Wildman–Crippen MR) is 73.5 cm³/mol. The Hall–Kier alpha value is -0.660. The molecule has 112 valence electrons. The monoisotopic (exact) mass is 292 g/mol. The Morgan fingerprint density at radius 1 is 1.37 bits per heavy atom. The van der Waals surface area contributed by atoms with Gasteiger partial charge < -0.3 is 10.0 Å². The van der Waals surface area contributed by atoms with Gasteiger partial charge in [-0.1, -0.05) is 0 Å². The van der Waals surface area contributed by atoms with Gasteiger partial charge in [0.2, 0.25) is 10.0 Å². The largest absolute Gasteiger partial charge is 0.480 e. The van der Waals surface area contributed by atoms with Gasteiger partial charge in [0.05, 0.1) is 0 Å². The Bertz CT molecular complexity index is 400. The second-order valence-electron chi connectivity index (χ2n) is 5.53. The molecule has 7 heteroatoms. The molecule has 0 bridgehead atoms. The molecular formula is C12H24N2O4S. The summed E-state index contributed by atoms with van der Waals surface area (Å²) in [6.07, 6.45) is 1.60. The van der Waals surface area contributed by atoms with E-state index in [2.05, 4.69) is 25.8 Å². The van der Waals surface area contributed by atoms with Gasteiger partial charge in [-0.25, -0.2) is 12.7 Å². The number of carboxylic acid groups (broad SMARTS) is 1. The van der Waals surface area contributed by atoms with E-state index in [0.29, 0.717) is 25.0 Å². The maximum Gasteiger partial charge on any atom is 0.320 e. The first-order valence-electron chi connectivity index (χ1n) is 6.62. The summed E-state index contributed by atoms with van der Waals surface area (Å²) in [6, 6.07) is 0.480. The molecule has 1 fully saturated rings. The summed E-state index contributed by atoms with van der Waals surface area (Å²) >= 11 is 0. The average molecular weight is 292 g/mol. The summed E-state index contributed by atoms with van der Waals surface area (Å²) in [5.41, 5.74) is 0. The van der Waals surface area contributed by atoms with Crippen molar-refractivity contribution < 1.29 is 18.3 Å². The second-order valence-corrected chi connectivity index (χ2v) is 7.49. The van der Waals surface area contributed by atoms with Crippen molar-refractivity contribution in [1.29, 1.82) is 0 Å². The van der Waals surface area contributed by atoms with Crippen molar-refractivity contribution in [3.05, 3.63) is 0 Å². The maximum atomic E-state index is 11.8. The predicted octanol–water partition coefficient (Wildman–Crippen LogP) is 0.453. The fourth-order valence-corrected chi connectivity index (χ4v) is 3.50. The Morgan fingerprint density at radius 3 is 2.32 bits per heavy atom. The molecule has 0 spiro atoms. The van der Waals surface area contributed by atoms with Crippen LogP contribution in [0, 0.1) is 5.92 Å². The van der Waals surface area contributed by atoms with E-state index in [1.807, 2.05) is 0 Å². The molecule has 1 saturated heterocycles. The normalized spacial score (nSPS) is 19.2. The van der Waals surface area contributed by atoms with Crippen LogP contribution < -0.4 is 0 Å². The third kappa shape index (κ3) is 5.08. The van der Waals surface area contributed by atoms with Gasteiger partial charge >= 0.3 is 5.97 Å². The molecule has 19 heavy (non-hydrogen) atoms. The van der Waals surface area contributed by atoms with E-state index in [4.69, 9.17) is 5.11 Å². The highest BCUT2D eigenvalue weighted by atomic mass is 32.2. The molecule has 0 atom stereocenters. The smallest absolute Gasteiger partial charge is 0.320 e. The zero-order valence-corrected chi connectivity index (χ0v) is 12.7. The van der Waals surface area contributed by atoms with Crippen LogP contribution in [-0.2, 0) is 14.8 Å². The lowest BCUT2D eigenvalue weighted by Gasteiger charge is -2.34. The first-order valence-corrected chi connectivity index (χ1v) is 8.23. The van der Waals surface area contributed by atoms with Gasteiger partial charge in [0, 0.05) is 25.7 Å². The van der Waals surface area contributed by atoms with Gasteiger partial charge in [-0.3, -0.25) is 4.79 Å². The molecule has 1 rings (SSSR count). The zero-order chi connectivity index (χ0) is 14.6. The molecule has 6 nitrogen and oxygen atoms in total. The van der Waals surface area contributed by atoms with E-state index in [1.165, 1.54) is 4.31 Å². The van der Waals surface area contributed by atoms with E-state index in [0.717, 1.165) is 19.4 Å². The third-order valence-electron chi connectivity index (χ3n) is 3.70. The van der Waals surface area contributed by atoms with Crippen LogP contribution >= 0.6 is 0 Å². The maximum absolute atomic E-state index is 11.8. The Morgan fingerprint density at radius 2 is 1.89 bits per heavy atom. The number of aliphatic carboxylic acids is 1. The Labute approximate surface area is 115 Å². The third-order valence-corrected chi connectivity index (χ3v) is 5.46. The zero-order valence-electron chi connectivity index (χ0n) is 11.9. The first-order chi connectivity index (χ1) is 8.72. The lowest BCUT2D eigenvalue weighted by atomic mass is 9.97. The molecule has 1 N–H and O–H groups in total. The molecule has 0 amide bonds. The van der Waals surface area contributed by atoms with Gasteiger partial charge in [0.1, 0.15) is 0 Å². The quantitative estimate of drug-likeness (QED) is 0.769. The van der Waals surface area contributed by atoms with E-state index in [1.54, 1.807) is 0 Å². The number of carbonyl (C=O) groups is 1. The minimum absolute atomic E-state index is 0.437. The number of hydrogen-bond donors (Lipinski definition) is 1. The van der Waals surface area contributed by atoms with Crippen molar-refractivity contribution in [2.45, 2.75) is 32.7 Å². The minimum Gasteiger partial charge on any atom is -0.480 e. The summed E-state index contributed by atoms with van der Waals surface area (Å²) in [4.78, 5) is 12.8. The van der Waals surface area contributed by atoms with Gasteiger partial charge in [0.15, 0.2) is 5.75 Å². The van der Waals surface area contributed by atoms with Crippen LogP contribution in [0.5, 0.6) is 0 Å². The summed E-state index contributed by atoms with van der Waals surface area (Å²) in [7, 11) is -1.56. The van der Waals surface area contributed by atoms with Crippen LogP contribution in [0.3, 0.4) is 0 Å². The number of carboxylic acids is 1. The molecule has 1 aliphatic rings.